The summed E-state index contributed by atoms with van der Waals surface area (Å²) < 4.78 is 0. The number of nitrogen functional groups attached to an aromatic ring is 1. The Kier molecular flexibility index (Phi) is 2.78. The second kappa shape index (κ2) is 4.48. The number of amides is 1. The van der Waals surface area contributed by atoms with Crippen LogP contribution in [0.5, 0.6) is 0 Å². The summed E-state index contributed by atoms with van der Waals surface area (Å²) in [6, 6.07) is 7.71. The van der Waals surface area contributed by atoms with Gasteiger partial charge in [0.05, 0.1) is 5.56 Å². The van der Waals surface area contributed by atoms with E-state index in [4.69, 9.17) is 5.73 Å². The lowest BCUT2D eigenvalue weighted by Gasteiger charge is -2.25. The Morgan fingerprint density at radius 3 is 2.80 bits per heavy atom. The molecule has 0 bridgehead atoms. The van der Waals surface area contributed by atoms with Crippen molar-refractivity contribution in [1.29, 1.82) is 0 Å². The van der Waals surface area contributed by atoms with Crippen molar-refractivity contribution in [1.82, 2.24) is 9.97 Å². The third-order valence-corrected chi connectivity index (χ3v) is 3.53. The normalized spacial score (nSPS) is 17.4. The van der Waals surface area contributed by atoms with Crippen molar-refractivity contribution in [3.05, 3.63) is 51.3 Å². The summed E-state index contributed by atoms with van der Waals surface area (Å²) in [7, 11) is 0. The molecule has 1 aromatic carbocycles. The van der Waals surface area contributed by atoms with Crippen molar-refractivity contribution >= 4 is 17.7 Å². The minimum atomic E-state index is -0.305. The Hall–Kier alpha value is -2.63. The quantitative estimate of drug-likeness (QED) is 0.723. The predicted molar refractivity (Wildman–Crippen MR) is 75.5 cm³/mol. The van der Waals surface area contributed by atoms with E-state index in [1.54, 1.807) is 0 Å². The van der Waals surface area contributed by atoms with Gasteiger partial charge in [0, 0.05) is 12.3 Å². The highest BCUT2D eigenvalue weighted by Gasteiger charge is 2.31. The zero-order valence-corrected chi connectivity index (χ0v) is 10.9. The monoisotopic (exact) mass is 270 g/mol. The van der Waals surface area contributed by atoms with Gasteiger partial charge in [0.25, 0.3) is 5.56 Å². The van der Waals surface area contributed by atoms with E-state index in [1.165, 1.54) is 0 Å². The Labute approximate surface area is 115 Å². The molecule has 6 nitrogen and oxygen atoms in total. The largest absolute Gasteiger partial charge is 0.369 e. The lowest BCUT2D eigenvalue weighted by Crippen LogP contribution is -2.31. The molecule has 4 N–H and O–H groups in total. The number of carbonyl (C=O) groups excluding carboxylic acids is 1. The molecule has 0 spiro atoms. The fourth-order valence-corrected chi connectivity index (χ4v) is 2.63. The predicted octanol–water partition coefficient (Wildman–Crippen LogP) is 1.13. The third kappa shape index (κ3) is 1.95. The maximum absolute atomic E-state index is 12.2. The molecule has 0 saturated heterocycles. The van der Waals surface area contributed by atoms with E-state index in [1.807, 2.05) is 31.2 Å². The molecule has 3 rings (SSSR count). The first-order valence-corrected chi connectivity index (χ1v) is 6.31. The van der Waals surface area contributed by atoms with Gasteiger partial charge in [0.1, 0.15) is 5.82 Å². The number of nitrogens with one attached hydrogen (secondary N) is 2. The molecule has 1 aliphatic heterocycles. The van der Waals surface area contributed by atoms with Crippen molar-refractivity contribution in [2.75, 3.05) is 11.1 Å². The number of nitrogens with zero attached hydrogens (tertiary/aromatic N) is 1. The van der Waals surface area contributed by atoms with Crippen LogP contribution in [0.2, 0.25) is 0 Å². The maximum atomic E-state index is 12.2. The number of aromatic nitrogens is 2. The molecule has 1 amide bonds. The van der Waals surface area contributed by atoms with Crippen LogP contribution in [-0.4, -0.2) is 15.9 Å². The number of H-pyrrole nitrogens is 1. The van der Waals surface area contributed by atoms with Crippen LogP contribution in [0, 0.1) is 6.92 Å². The second-order valence-electron chi connectivity index (χ2n) is 4.87. The van der Waals surface area contributed by atoms with E-state index in [0.717, 1.165) is 11.1 Å². The summed E-state index contributed by atoms with van der Waals surface area (Å²) in [5.41, 5.74) is 7.68. The van der Waals surface area contributed by atoms with Gasteiger partial charge >= 0.3 is 0 Å². The van der Waals surface area contributed by atoms with Gasteiger partial charge in [-0.3, -0.25) is 14.6 Å². The van der Waals surface area contributed by atoms with E-state index in [2.05, 4.69) is 15.3 Å². The first-order valence-electron chi connectivity index (χ1n) is 6.31. The molecule has 2 heterocycles. The van der Waals surface area contributed by atoms with Gasteiger partial charge in [-0.25, -0.2) is 0 Å². The third-order valence-electron chi connectivity index (χ3n) is 3.53. The summed E-state index contributed by atoms with van der Waals surface area (Å²) >= 11 is 0. The fraction of sp³-hybridized carbons (Fsp3) is 0.214. The standard InChI is InChI=1S/C14H14N4O2/c1-7-4-2-3-5-8(7)9-6-10(19)16-12-11(9)13(20)18-14(15)17-12/h2-5,9H,6H2,1H3,(H4,15,16,17,18,19,20)/t9-/m1/s1. The summed E-state index contributed by atoms with van der Waals surface area (Å²) in [6.07, 6.45) is 0.229. The van der Waals surface area contributed by atoms with E-state index < -0.39 is 0 Å². The minimum absolute atomic E-state index is 0.000478. The molecule has 2 aromatic rings. The Morgan fingerprint density at radius 1 is 1.30 bits per heavy atom. The molecule has 1 atom stereocenters. The highest BCUT2D eigenvalue weighted by Crippen LogP contribution is 2.35. The molecule has 0 saturated carbocycles. The second-order valence-corrected chi connectivity index (χ2v) is 4.87. The smallest absolute Gasteiger partial charge is 0.258 e. The molecular weight excluding hydrogens is 256 g/mol. The number of anilines is 2. The number of hydrogen-bond acceptors (Lipinski definition) is 4. The summed E-state index contributed by atoms with van der Waals surface area (Å²) in [5.74, 6) is -0.199. The number of benzene rings is 1. The SMILES string of the molecule is Cc1ccccc1[C@H]1CC(=O)Nc2nc(N)[nH]c(=O)c21. The van der Waals surface area contributed by atoms with Crippen molar-refractivity contribution < 1.29 is 4.79 Å². The van der Waals surface area contributed by atoms with Crippen LogP contribution < -0.4 is 16.6 Å². The first-order chi connectivity index (χ1) is 9.56. The molecule has 20 heavy (non-hydrogen) atoms. The van der Waals surface area contributed by atoms with Gasteiger partial charge in [-0.1, -0.05) is 24.3 Å². The molecule has 0 aliphatic carbocycles. The van der Waals surface area contributed by atoms with Gasteiger partial charge in [-0.15, -0.1) is 0 Å². The molecule has 1 aromatic heterocycles. The molecule has 0 unspecified atom stereocenters. The van der Waals surface area contributed by atoms with E-state index in [9.17, 15) is 9.59 Å². The summed E-state index contributed by atoms with van der Waals surface area (Å²) in [6.45, 7) is 1.96. The zero-order valence-electron chi connectivity index (χ0n) is 10.9. The minimum Gasteiger partial charge on any atom is -0.369 e. The summed E-state index contributed by atoms with van der Waals surface area (Å²) in [5, 5.41) is 2.61. The van der Waals surface area contributed by atoms with Crippen LogP contribution in [0.15, 0.2) is 29.1 Å². The van der Waals surface area contributed by atoms with Crippen LogP contribution in [0.1, 0.15) is 29.0 Å². The van der Waals surface area contributed by atoms with Crippen LogP contribution in [0.4, 0.5) is 11.8 Å². The Balaban J connectivity index is 2.23. The number of aromatic amines is 1. The number of carbonyl (C=O) groups is 1. The molecule has 0 radical (unpaired) electrons. The van der Waals surface area contributed by atoms with Gasteiger partial charge in [-0.05, 0) is 18.1 Å². The highest BCUT2D eigenvalue weighted by atomic mass is 16.2. The molecule has 102 valence electrons. The van der Waals surface area contributed by atoms with Crippen LogP contribution in [0.3, 0.4) is 0 Å². The number of hydrogen-bond donors (Lipinski definition) is 3. The first kappa shape index (κ1) is 12.4. The van der Waals surface area contributed by atoms with Crippen molar-refractivity contribution in [2.24, 2.45) is 0 Å². The highest BCUT2D eigenvalue weighted by molar-refractivity contribution is 5.94. The fourth-order valence-electron chi connectivity index (χ4n) is 2.63. The van der Waals surface area contributed by atoms with Gasteiger partial charge in [-0.2, -0.15) is 4.98 Å². The number of rotatable bonds is 1. The molecule has 0 fully saturated rings. The van der Waals surface area contributed by atoms with Crippen molar-refractivity contribution in [3.63, 3.8) is 0 Å². The number of fused-ring (bicyclic) bond motifs is 1. The van der Waals surface area contributed by atoms with E-state index >= 15 is 0 Å². The average molecular weight is 270 g/mol. The van der Waals surface area contributed by atoms with Gasteiger partial charge in [0.15, 0.2) is 0 Å². The van der Waals surface area contributed by atoms with Crippen LogP contribution in [0.25, 0.3) is 0 Å². The van der Waals surface area contributed by atoms with Crippen LogP contribution in [-0.2, 0) is 4.79 Å². The Bertz CT molecular complexity index is 751. The zero-order chi connectivity index (χ0) is 14.3. The number of nitrogens with two attached hydrogens (primary N) is 1. The number of aryl methyl sites for hydroxylation is 1. The average Bonchev–Trinajstić information content (AvgIpc) is 2.37. The summed E-state index contributed by atoms with van der Waals surface area (Å²) in [4.78, 5) is 30.5. The van der Waals surface area contributed by atoms with Crippen molar-refractivity contribution in [3.8, 4) is 0 Å². The Morgan fingerprint density at radius 2 is 2.05 bits per heavy atom. The molecule has 1 aliphatic rings. The van der Waals surface area contributed by atoms with Crippen LogP contribution >= 0.6 is 0 Å². The molecule has 6 heteroatoms. The lowest BCUT2D eigenvalue weighted by atomic mass is 9.84. The molecular formula is C14H14N4O2. The van der Waals surface area contributed by atoms with Gasteiger partial charge in [0.2, 0.25) is 11.9 Å². The maximum Gasteiger partial charge on any atom is 0.258 e. The topological polar surface area (TPSA) is 101 Å². The van der Waals surface area contributed by atoms with E-state index in [0.29, 0.717) is 5.56 Å². The van der Waals surface area contributed by atoms with Crippen molar-refractivity contribution in [2.45, 2.75) is 19.3 Å². The van der Waals surface area contributed by atoms with E-state index in [-0.39, 0.29) is 35.6 Å². The van der Waals surface area contributed by atoms with Gasteiger partial charge < -0.3 is 11.1 Å². The lowest BCUT2D eigenvalue weighted by molar-refractivity contribution is -0.116.